The van der Waals surface area contributed by atoms with Crippen LogP contribution in [0.1, 0.15) is 25.0 Å². The molecule has 0 heterocycles. The van der Waals surface area contributed by atoms with E-state index in [-0.39, 0.29) is 18.6 Å². The predicted octanol–water partition coefficient (Wildman–Crippen LogP) is 10.2. The van der Waals surface area contributed by atoms with Gasteiger partial charge in [-0.1, -0.05) is 29.8 Å². The van der Waals surface area contributed by atoms with Crippen molar-refractivity contribution in [1.29, 1.82) is 0 Å². The van der Waals surface area contributed by atoms with Crippen molar-refractivity contribution in [2.24, 2.45) is 0 Å². The minimum absolute atomic E-state index is 0.0596. The van der Waals surface area contributed by atoms with E-state index in [2.05, 4.69) is 137 Å². The lowest BCUT2D eigenvalue weighted by Gasteiger charge is -2.28. The van der Waals surface area contributed by atoms with E-state index in [0.717, 1.165) is 48.2 Å². The van der Waals surface area contributed by atoms with Crippen molar-refractivity contribution in [2.45, 2.75) is 25.4 Å². The number of methoxy groups -OCH3 is 1. The highest BCUT2D eigenvalue weighted by atomic mass is 79.9. The fourth-order valence-electron chi connectivity index (χ4n) is 3.42. The third-order valence-electron chi connectivity index (χ3n) is 5.45. The predicted molar refractivity (Wildman–Crippen MR) is 169 cm³/mol. The Kier molecular flexibility index (Phi) is 11.3. The molecular formula is C25H21Br7O4. The molecule has 0 radical (unpaired) electrons. The molecule has 0 aromatic heterocycles. The number of halogens is 7. The second-order valence-corrected chi connectivity index (χ2v) is 14.4. The van der Waals surface area contributed by atoms with Crippen molar-refractivity contribution in [1.82, 2.24) is 0 Å². The van der Waals surface area contributed by atoms with Gasteiger partial charge in [0.25, 0.3) is 0 Å². The van der Waals surface area contributed by atoms with Gasteiger partial charge in [-0.3, -0.25) is 0 Å². The Labute approximate surface area is 269 Å². The topological polar surface area (TPSA) is 47.9 Å². The van der Waals surface area contributed by atoms with Gasteiger partial charge in [0, 0.05) is 9.89 Å². The molecule has 1 atom stereocenters. The van der Waals surface area contributed by atoms with Gasteiger partial charge in [-0.2, -0.15) is 0 Å². The third-order valence-corrected chi connectivity index (χ3v) is 9.44. The van der Waals surface area contributed by atoms with Crippen LogP contribution in [0, 0.1) is 0 Å². The Hall–Kier alpha value is 0.380. The Morgan fingerprint density at radius 3 is 1.33 bits per heavy atom. The fraction of sp³-hybridized carbons (Fsp3) is 0.280. The van der Waals surface area contributed by atoms with Gasteiger partial charge in [-0.05, 0) is 143 Å². The molecule has 0 amide bonds. The molecule has 0 fully saturated rings. The minimum Gasteiger partial charge on any atom is -0.494 e. The van der Waals surface area contributed by atoms with E-state index >= 15 is 0 Å². The van der Waals surface area contributed by atoms with Crippen molar-refractivity contribution in [2.75, 3.05) is 20.3 Å². The van der Waals surface area contributed by atoms with Gasteiger partial charge in [0.2, 0.25) is 0 Å². The smallest absolute Gasteiger partial charge is 0.147 e. The quantitative estimate of drug-likeness (QED) is 0.232. The van der Waals surface area contributed by atoms with E-state index in [0.29, 0.717) is 11.5 Å². The number of aliphatic hydroxyl groups is 1. The molecule has 0 bridgehead atoms. The summed E-state index contributed by atoms with van der Waals surface area (Å²) < 4.78 is 23.0. The lowest BCUT2D eigenvalue weighted by molar-refractivity contribution is 0.0616. The van der Waals surface area contributed by atoms with Gasteiger partial charge in [0.1, 0.15) is 36.6 Å². The van der Waals surface area contributed by atoms with Crippen LogP contribution in [0.25, 0.3) is 0 Å². The molecule has 0 aliphatic rings. The summed E-state index contributed by atoms with van der Waals surface area (Å²) in [5.41, 5.74) is 1.86. The molecule has 3 rings (SSSR count). The van der Waals surface area contributed by atoms with E-state index in [9.17, 15) is 5.11 Å². The van der Waals surface area contributed by atoms with Gasteiger partial charge in [-0.15, -0.1) is 0 Å². The van der Waals surface area contributed by atoms with E-state index in [1.807, 2.05) is 24.3 Å². The van der Waals surface area contributed by atoms with Crippen molar-refractivity contribution in [3.63, 3.8) is 0 Å². The van der Waals surface area contributed by atoms with Gasteiger partial charge < -0.3 is 19.3 Å². The first-order chi connectivity index (χ1) is 16.8. The maximum Gasteiger partial charge on any atom is 0.147 e. The Morgan fingerprint density at radius 2 is 0.972 bits per heavy atom. The molecule has 0 aliphatic heterocycles. The zero-order valence-electron chi connectivity index (χ0n) is 19.3. The average molecular weight is 945 g/mol. The zero-order chi connectivity index (χ0) is 26.8. The van der Waals surface area contributed by atoms with Crippen LogP contribution < -0.4 is 14.2 Å². The van der Waals surface area contributed by atoms with E-state index in [4.69, 9.17) is 14.2 Å². The van der Waals surface area contributed by atoms with Gasteiger partial charge in [0.15, 0.2) is 0 Å². The lowest BCUT2D eigenvalue weighted by atomic mass is 9.78. The SMILES string of the molecule is COc1c(Br)cc(C(C)(C)c2cc(Br)c(OCC(O)COc3c(Br)cc(Br)cc3Br)c(Br)c2)cc1Br. The summed E-state index contributed by atoms with van der Waals surface area (Å²) in [6, 6.07) is 12.0. The first-order valence-corrected chi connectivity index (χ1v) is 16.0. The highest BCUT2D eigenvalue weighted by Gasteiger charge is 2.27. The van der Waals surface area contributed by atoms with Gasteiger partial charge in [0.05, 0.1) is 33.9 Å². The Balaban J connectivity index is 1.73. The van der Waals surface area contributed by atoms with Crippen LogP contribution in [0.4, 0.5) is 0 Å². The maximum absolute atomic E-state index is 10.5. The molecule has 36 heavy (non-hydrogen) atoms. The zero-order valence-corrected chi connectivity index (χ0v) is 30.4. The number of rotatable bonds is 9. The van der Waals surface area contributed by atoms with Crippen LogP contribution in [-0.2, 0) is 5.41 Å². The van der Waals surface area contributed by atoms with E-state index < -0.39 is 6.10 Å². The standard InChI is InChI=1S/C25H21Br7O4/c1-25(2,12-4-16(27)22(34-3)17(28)5-12)13-6-18(29)23(19(30)7-13)35-10-15(33)11-36-24-20(31)8-14(26)9-21(24)32/h4-9,15,33H,10-11H2,1-3H3. The first-order valence-electron chi connectivity index (χ1n) is 10.5. The summed E-state index contributed by atoms with van der Waals surface area (Å²) in [6.07, 6.45) is -0.837. The van der Waals surface area contributed by atoms with E-state index in [1.165, 1.54) is 0 Å². The molecule has 0 spiro atoms. The summed E-state index contributed by atoms with van der Waals surface area (Å²) in [5, 5.41) is 10.5. The van der Waals surface area contributed by atoms with Crippen LogP contribution in [0.3, 0.4) is 0 Å². The molecule has 0 saturated heterocycles. The lowest BCUT2D eigenvalue weighted by Crippen LogP contribution is -2.25. The number of ether oxygens (including phenoxy) is 3. The Bertz CT molecular complexity index is 1190. The van der Waals surface area contributed by atoms with Crippen LogP contribution in [0.15, 0.2) is 67.7 Å². The third kappa shape index (κ3) is 7.31. The molecule has 3 aromatic rings. The molecular weight excluding hydrogens is 924 g/mol. The normalized spacial score (nSPS) is 12.4. The number of hydrogen-bond donors (Lipinski definition) is 1. The largest absolute Gasteiger partial charge is 0.494 e. The van der Waals surface area contributed by atoms with Crippen molar-refractivity contribution in [3.05, 3.63) is 78.8 Å². The van der Waals surface area contributed by atoms with Crippen LogP contribution in [0.5, 0.6) is 17.2 Å². The first kappa shape index (κ1) is 30.9. The molecule has 4 nitrogen and oxygen atoms in total. The Morgan fingerprint density at radius 1 is 0.639 bits per heavy atom. The molecule has 1 unspecified atom stereocenters. The average Bonchev–Trinajstić information content (AvgIpc) is 2.77. The highest BCUT2D eigenvalue weighted by molar-refractivity contribution is 9.12. The summed E-state index contributed by atoms with van der Waals surface area (Å²) in [6.45, 7) is 4.44. The molecule has 194 valence electrons. The second kappa shape index (κ2) is 13.2. The van der Waals surface area contributed by atoms with Crippen LogP contribution in [0.2, 0.25) is 0 Å². The number of benzene rings is 3. The highest BCUT2D eigenvalue weighted by Crippen LogP contribution is 2.44. The number of aliphatic hydroxyl groups excluding tert-OH is 1. The van der Waals surface area contributed by atoms with Crippen LogP contribution >= 0.6 is 112 Å². The molecule has 0 saturated carbocycles. The second-order valence-electron chi connectivity index (χ2n) is 8.34. The fourth-order valence-corrected chi connectivity index (χ4v) is 8.83. The minimum atomic E-state index is -0.837. The van der Waals surface area contributed by atoms with Gasteiger partial charge >= 0.3 is 0 Å². The molecule has 11 heteroatoms. The van der Waals surface area contributed by atoms with Crippen molar-refractivity contribution in [3.8, 4) is 17.2 Å². The van der Waals surface area contributed by atoms with Gasteiger partial charge in [-0.25, -0.2) is 0 Å². The maximum atomic E-state index is 10.5. The summed E-state index contributed by atoms with van der Waals surface area (Å²) in [4.78, 5) is 0. The monoisotopic (exact) mass is 938 g/mol. The summed E-state index contributed by atoms with van der Waals surface area (Å²) in [7, 11) is 1.64. The van der Waals surface area contributed by atoms with E-state index in [1.54, 1.807) is 7.11 Å². The van der Waals surface area contributed by atoms with Crippen molar-refractivity contribution >= 4 is 112 Å². The molecule has 1 N–H and O–H groups in total. The molecule has 0 aliphatic carbocycles. The number of hydrogen-bond acceptors (Lipinski definition) is 4. The van der Waals surface area contributed by atoms with Crippen LogP contribution in [-0.4, -0.2) is 31.5 Å². The summed E-state index contributed by atoms with van der Waals surface area (Å²) >= 11 is 24.9. The van der Waals surface area contributed by atoms with Crippen molar-refractivity contribution < 1.29 is 19.3 Å². The summed E-state index contributed by atoms with van der Waals surface area (Å²) in [5.74, 6) is 1.97. The molecule has 3 aromatic carbocycles.